The molecular weight excluding hydrogens is 262 g/mol. The molecule has 3 heteroatoms. The number of likely N-dealkylation sites (N-methyl/N-ethyl adjacent to an activating group) is 1. The number of aryl methyl sites for hydroxylation is 2. The predicted octanol–water partition coefficient (Wildman–Crippen LogP) is 3.86. The lowest BCUT2D eigenvalue weighted by molar-refractivity contribution is -0.139. The van der Waals surface area contributed by atoms with Crippen LogP contribution in [0.1, 0.15) is 50.2 Å². The molecule has 0 bridgehead atoms. The molecule has 1 amide bonds. The molecule has 0 N–H and O–H groups in total. The van der Waals surface area contributed by atoms with Gasteiger partial charge in [0.1, 0.15) is 5.75 Å². The van der Waals surface area contributed by atoms with E-state index in [0.29, 0.717) is 12.5 Å². The van der Waals surface area contributed by atoms with Gasteiger partial charge in [-0.15, -0.1) is 0 Å². The van der Waals surface area contributed by atoms with Crippen molar-refractivity contribution in [3.05, 3.63) is 29.3 Å². The summed E-state index contributed by atoms with van der Waals surface area (Å²) in [6.45, 7) is 6.07. The number of rotatable bonds is 5. The van der Waals surface area contributed by atoms with Gasteiger partial charge < -0.3 is 9.64 Å². The Balaban J connectivity index is 2.08. The Morgan fingerprint density at radius 2 is 2.00 bits per heavy atom. The molecule has 2 rings (SSSR count). The molecule has 3 nitrogen and oxygen atoms in total. The molecular formula is C18H27NO2. The van der Waals surface area contributed by atoms with Gasteiger partial charge in [0.2, 0.25) is 0 Å². The molecule has 0 heterocycles. The fourth-order valence-electron chi connectivity index (χ4n) is 2.99. The van der Waals surface area contributed by atoms with Crippen LogP contribution in [0.2, 0.25) is 0 Å². The second-order valence-corrected chi connectivity index (χ2v) is 6.17. The second-order valence-electron chi connectivity index (χ2n) is 6.17. The summed E-state index contributed by atoms with van der Waals surface area (Å²) in [6.07, 6.45) is 5.04. The van der Waals surface area contributed by atoms with Crippen molar-refractivity contribution in [2.24, 2.45) is 0 Å². The average molecular weight is 289 g/mol. The lowest BCUT2D eigenvalue weighted by atomic mass is 10.1. The molecule has 1 aliphatic carbocycles. The lowest BCUT2D eigenvalue weighted by Gasteiger charge is -2.29. The number of benzene rings is 1. The zero-order valence-electron chi connectivity index (χ0n) is 13.7. The van der Waals surface area contributed by atoms with Crippen LogP contribution in [0.5, 0.6) is 5.75 Å². The van der Waals surface area contributed by atoms with Crippen molar-refractivity contribution in [1.29, 1.82) is 0 Å². The van der Waals surface area contributed by atoms with E-state index in [2.05, 4.69) is 6.07 Å². The van der Waals surface area contributed by atoms with Crippen molar-refractivity contribution in [2.45, 2.75) is 65.0 Å². The number of carbonyl (C=O) groups is 1. The topological polar surface area (TPSA) is 29.5 Å². The molecule has 0 unspecified atom stereocenters. The Morgan fingerprint density at radius 1 is 1.33 bits per heavy atom. The molecule has 0 saturated heterocycles. The Labute approximate surface area is 128 Å². The van der Waals surface area contributed by atoms with Gasteiger partial charge in [-0.3, -0.25) is 4.79 Å². The standard InChI is InChI=1S/C18H27NO2/c1-5-16(18(20)19(4)15-8-6-7-9-15)21-17-12-13(2)10-11-14(17)3/h10-12,15-16H,5-9H2,1-4H3/t16-/m0/s1. The van der Waals surface area contributed by atoms with E-state index in [1.165, 1.54) is 12.8 Å². The normalized spacial score (nSPS) is 16.8. The third-order valence-corrected chi connectivity index (χ3v) is 4.48. The van der Waals surface area contributed by atoms with Gasteiger partial charge in [0, 0.05) is 13.1 Å². The number of nitrogens with zero attached hydrogens (tertiary/aromatic N) is 1. The first-order chi connectivity index (χ1) is 10.0. The molecule has 1 aromatic carbocycles. The van der Waals surface area contributed by atoms with Crippen molar-refractivity contribution in [3.63, 3.8) is 0 Å². The summed E-state index contributed by atoms with van der Waals surface area (Å²) in [7, 11) is 1.92. The fourth-order valence-corrected chi connectivity index (χ4v) is 2.99. The summed E-state index contributed by atoms with van der Waals surface area (Å²) in [5.74, 6) is 0.945. The van der Waals surface area contributed by atoms with Crippen molar-refractivity contribution in [2.75, 3.05) is 7.05 Å². The van der Waals surface area contributed by atoms with E-state index in [4.69, 9.17) is 4.74 Å². The van der Waals surface area contributed by atoms with E-state index >= 15 is 0 Å². The van der Waals surface area contributed by atoms with E-state index in [0.717, 1.165) is 29.7 Å². The number of hydrogen-bond acceptors (Lipinski definition) is 2. The van der Waals surface area contributed by atoms with Gasteiger partial charge >= 0.3 is 0 Å². The SMILES string of the molecule is CC[C@H](Oc1cc(C)ccc1C)C(=O)N(C)C1CCCC1. The van der Waals surface area contributed by atoms with Crippen LogP contribution in [-0.2, 0) is 4.79 Å². The molecule has 1 saturated carbocycles. The third kappa shape index (κ3) is 3.78. The van der Waals surface area contributed by atoms with E-state index in [1.54, 1.807) is 0 Å². The van der Waals surface area contributed by atoms with E-state index < -0.39 is 0 Å². The van der Waals surface area contributed by atoms with Crippen molar-refractivity contribution in [3.8, 4) is 5.75 Å². The van der Waals surface area contributed by atoms with Gasteiger partial charge in [-0.2, -0.15) is 0 Å². The molecule has 21 heavy (non-hydrogen) atoms. The predicted molar refractivity (Wildman–Crippen MR) is 85.6 cm³/mol. The number of hydrogen-bond donors (Lipinski definition) is 0. The minimum atomic E-state index is -0.379. The number of amides is 1. The Morgan fingerprint density at radius 3 is 2.62 bits per heavy atom. The minimum Gasteiger partial charge on any atom is -0.480 e. The second kappa shape index (κ2) is 6.97. The Bertz CT molecular complexity index is 492. The lowest BCUT2D eigenvalue weighted by Crippen LogP contribution is -2.44. The van der Waals surface area contributed by atoms with Gasteiger partial charge in [0.25, 0.3) is 5.91 Å². The van der Waals surface area contributed by atoms with Gasteiger partial charge in [-0.05, 0) is 50.3 Å². The quantitative estimate of drug-likeness (QED) is 0.823. The first kappa shape index (κ1) is 15.9. The first-order valence-corrected chi connectivity index (χ1v) is 8.03. The molecule has 1 aliphatic rings. The maximum atomic E-state index is 12.7. The van der Waals surface area contributed by atoms with Crippen LogP contribution in [0.25, 0.3) is 0 Å². The van der Waals surface area contributed by atoms with E-state index in [9.17, 15) is 4.79 Å². The Hall–Kier alpha value is -1.51. The number of ether oxygens (including phenoxy) is 1. The third-order valence-electron chi connectivity index (χ3n) is 4.48. The molecule has 1 fully saturated rings. The fraction of sp³-hybridized carbons (Fsp3) is 0.611. The van der Waals surface area contributed by atoms with Gasteiger partial charge in [0.15, 0.2) is 6.10 Å². The minimum absolute atomic E-state index is 0.116. The smallest absolute Gasteiger partial charge is 0.263 e. The van der Waals surface area contributed by atoms with E-state index in [1.807, 2.05) is 44.9 Å². The first-order valence-electron chi connectivity index (χ1n) is 8.03. The van der Waals surface area contributed by atoms with Crippen LogP contribution in [-0.4, -0.2) is 30.0 Å². The zero-order valence-corrected chi connectivity index (χ0v) is 13.7. The van der Waals surface area contributed by atoms with Crippen LogP contribution >= 0.6 is 0 Å². The van der Waals surface area contributed by atoms with Crippen LogP contribution in [0.3, 0.4) is 0 Å². The highest BCUT2D eigenvalue weighted by Crippen LogP contribution is 2.25. The van der Waals surface area contributed by atoms with Crippen LogP contribution in [0.15, 0.2) is 18.2 Å². The van der Waals surface area contributed by atoms with Crippen molar-refractivity contribution >= 4 is 5.91 Å². The number of carbonyl (C=O) groups excluding carboxylic acids is 1. The van der Waals surface area contributed by atoms with Gasteiger partial charge in [-0.25, -0.2) is 0 Å². The summed E-state index contributed by atoms with van der Waals surface area (Å²) in [4.78, 5) is 14.6. The molecule has 0 radical (unpaired) electrons. The van der Waals surface area contributed by atoms with Gasteiger partial charge in [-0.1, -0.05) is 31.9 Å². The monoisotopic (exact) mass is 289 g/mol. The summed E-state index contributed by atoms with van der Waals surface area (Å²) in [5, 5.41) is 0. The molecule has 116 valence electrons. The Kier molecular flexibility index (Phi) is 5.27. The maximum absolute atomic E-state index is 12.7. The van der Waals surface area contributed by atoms with E-state index in [-0.39, 0.29) is 12.0 Å². The van der Waals surface area contributed by atoms with Gasteiger partial charge in [0.05, 0.1) is 0 Å². The van der Waals surface area contributed by atoms with Crippen LogP contribution in [0.4, 0.5) is 0 Å². The molecule has 0 aliphatic heterocycles. The molecule has 0 spiro atoms. The summed E-state index contributed by atoms with van der Waals surface area (Å²) in [6, 6.07) is 6.52. The van der Waals surface area contributed by atoms with Crippen LogP contribution in [0, 0.1) is 13.8 Å². The van der Waals surface area contributed by atoms with Crippen LogP contribution < -0.4 is 4.74 Å². The molecule has 1 atom stereocenters. The average Bonchev–Trinajstić information content (AvgIpc) is 3.01. The highest BCUT2D eigenvalue weighted by Gasteiger charge is 2.29. The molecule has 1 aromatic rings. The highest BCUT2D eigenvalue weighted by atomic mass is 16.5. The summed E-state index contributed by atoms with van der Waals surface area (Å²) in [5.41, 5.74) is 2.23. The highest BCUT2D eigenvalue weighted by molar-refractivity contribution is 5.81. The maximum Gasteiger partial charge on any atom is 0.263 e. The zero-order chi connectivity index (χ0) is 15.4. The van der Waals surface area contributed by atoms with Crippen molar-refractivity contribution < 1.29 is 9.53 Å². The molecule has 0 aromatic heterocycles. The summed E-state index contributed by atoms with van der Waals surface area (Å²) >= 11 is 0. The summed E-state index contributed by atoms with van der Waals surface area (Å²) < 4.78 is 6.03. The van der Waals surface area contributed by atoms with Crippen molar-refractivity contribution in [1.82, 2.24) is 4.90 Å². The largest absolute Gasteiger partial charge is 0.480 e.